The number of aryl methyl sites for hydroxylation is 1. The Morgan fingerprint density at radius 3 is 2.48 bits per heavy atom. The van der Waals surface area contributed by atoms with Crippen LogP contribution in [0.25, 0.3) is 11.2 Å². The molecule has 0 aliphatic carbocycles. The zero-order valence-corrected chi connectivity index (χ0v) is 18.9. The molecule has 0 aromatic carbocycles. The average molecular weight is 528 g/mol. The molecular weight excluding hydrogens is 514 g/mol. The molecule has 1 aliphatic heterocycles. The van der Waals surface area contributed by atoms with Crippen molar-refractivity contribution in [1.29, 1.82) is 0 Å². The molecule has 0 saturated carbocycles. The molecule has 2 aromatic rings. The number of fused-ring (bicyclic) bond motifs is 1. The lowest BCUT2D eigenvalue weighted by Crippen LogP contribution is -2.46. The maximum absolute atomic E-state index is 12.1. The SMILES string of the molecule is [B-][P@](=O)(OC[C@H]1O[C@@H]([n+]2cn(C)c3c([O-])nc(N)nc32)[C@H](O)[C@@H]1O)OP(=O)([O-])OP(=O)([O-])[O-]. The topological polar surface area (TPSA) is 281 Å². The standard InChI is InChI=1S/C11H17BN5O13P3/c1-16-3-17(8-5(16)9(20)15-11(13)14-8)10-7(19)6(18)4(28-10)2-27-31(12,21)29-33(25,26)30-32(22,23)24/h3-4,6-7,10,18-19H,2H2,1H3,(H5-,13,14,15,20,22,23,24,25,26)/q-1/p-3/t4-,6-,7-,10-,31+/m1/s1. The van der Waals surface area contributed by atoms with Gasteiger partial charge in [0.1, 0.15) is 18.3 Å². The van der Waals surface area contributed by atoms with Crippen molar-refractivity contribution in [2.24, 2.45) is 7.05 Å². The zero-order valence-electron chi connectivity index (χ0n) is 16.3. The Labute approximate surface area is 185 Å². The minimum absolute atomic E-state index is 0.00529. The number of anilines is 1. The maximum Gasteiger partial charge on any atom is 0.309 e. The van der Waals surface area contributed by atoms with E-state index in [0.29, 0.717) is 0 Å². The van der Waals surface area contributed by atoms with E-state index in [0.717, 1.165) is 4.57 Å². The Kier molecular flexibility index (Phi) is 7.10. The molecule has 0 bridgehead atoms. The molecule has 0 amide bonds. The van der Waals surface area contributed by atoms with Crippen LogP contribution in [0.2, 0.25) is 0 Å². The molecule has 1 saturated heterocycles. The van der Waals surface area contributed by atoms with E-state index >= 15 is 0 Å². The first-order valence-corrected chi connectivity index (χ1v) is 13.0. The van der Waals surface area contributed by atoms with E-state index in [1.807, 2.05) is 0 Å². The van der Waals surface area contributed by atoms with Crippen molar-refractivity contribution >= 4 is 47.8 Å². The average Bonchev–Trinajstić information content (AvgIpc) is 3.07. The van der Waals surface area contributed by atoms with Gasteiger partial charge in [-0.2, -0.15) is 0 Å². The second-order valence-corrected chi connectivity index (χ2v) is 11.1. The Hall–Kier alpha value is -1.46. The first kappa shape index (κ1) is 26.2. The van der Waals surface area contributed by atoms with Crippen LogP contribution in [-0.2, 0) is 38.6 Å². The second kappa shape index (κ2) is 8.96. The Morgan fingerprint density at radius 2 is 1.88 bits per heavy atom. The number of phosphoric acid groups is 2. The molecule has 1 aliphatic rings. The van der Waals surface area contributed by atoms with Crippen molar-refractivity contribution < 1.29 is 66.1 Å². The Morgan fingerprint density at radius 1 is 1.24 bits per heavy atom. The number of imidazole rings is 1. The molecule has 1 fully saturated rings. The van der Waals surface area contributed by atoms with Crippen LogP contribution in [0.1, 0.15) is 6.23 Å². The van der Waals surface area contributed by atoms with Crippen molar-refractivity contribution in [2.45, 2.75) is 24.5 Å². The third-order valence-electron chi connectivity index (χ3n) is 4.19. The molecular formula is C11H14BN5O13P3-4. The lowest BCUT2D eigenvalue weighted by Gasteiger charge is -2.39. The number of hydrogen-bond acceptors (Lipinski definition) is 16. The molecule has 3 radical (unpaired) electrons. The molecule has 6 atom stereocenters. The van der Waals surface area contributed by atoms with Gasteiger partial charge < -0.3 is 61.7 Å². The fraction of sp³-hybridized carbons (Fsp3) is 0.545. The van der Waals surface area contributed by atoms with Gasteiger partial charge in [0, 0.05) is 5.88 Å². The van der Waals surface area contributed by atoms with E-state index in [4.69, 9.17) is 18.0 Å². The third-order valence-corrected chi connectivity index (χ3v) is 8.01. The molecule has 2 aromatic heterocycles. The fourth-order valence-corrected chi connectivity index (χ4v) is 6.01. The van der Waals surface area contributed by atoms with Crippen LogP contribution in [0.5, 0.6) is 5.88 Å². The number of nitrogens with zero attached hydrogens (tertiary/aromatic N) is 4. The molecule has 18 nitrogen and oxygen atoms in total. The molecule has 22 heteroatoms. The van der Waals surface area contributed by atoms with E-state index in [2.05, 4.69) is 23.1 Å². The van der Waals surface area contributed by atoms with Gasteiger partial charge >= 0.3 is 5.65 Å². The molecule has 1 unspecified atom stereocenters. The van der Waals surface area contributed by atoms with Crippen molar-refractivity contribution in [3.8, 4) is 5.88 Å². The summed E-state index contributed by atoms with van der Waals surface area (Å²) in [6.45, 7) is -0.940. The van der Waals surface area contributed by atoms with Crippen LogP contribution in [0, 0.1) is 0 Å². The molecule has 4 N–H and O–H groups in total. The highest BCUT2D eigenvalue weighted by Crippen LogP contribution is 2.62. The van der Waals surface area contributed by atoms with Gasteiger partial charge in [0.2, 0.25) is 6.23 Å². The summed E-state index contributed by atoms with van der Waals surface area (Å²) in [5.41, 5.74) is 5.43. The van der Waals surface area contributed by atoms with E-state index in [-0.39, 0.29) is 17.1 Å². The molecule has 0 spiro atoms. The summed E-state index contributed by atoms with van der Waals surface area (Å²) in [7, 11) is -10.7. The van der Waals surface area contributed by atoms with Crippen molar-refractivity contribution in [3.05, 3.63) is 6.33 Å². The number of hydrogen-bond donors (Lipinski definition) is 3. The number of nitrogen functional groups attached to an aromatic ring is 1. The highest BCUT2D eigenvalue weighted by molar-refractivity contribution is 7.83. The summed E-state index contributed by atoms with van der Waals surface area (Å²) in [5, 5.41) is 32.7. The van der Waals surface area contributed by atoms with E-state index in [1.165, 1.54) is 17.9 Å². The summed E-state index contributed by atoms with van der Waals surface area (Å²) >= 11 is 0. The van der Waals surface area contributed by atoms with Crippen molar-refractivity contribution in [2.75, 3.05) is 12.3 Å². The van der Waals surface area contributed by atoms with Gasteiger partial charge in [-0.3, -0.25) is 17.8 Å². The number of ether oxygens (including phenoxy) is 1. The predicted molar refractivity (Wildman–Crippen MR) is 95.2 cm³/mol. The lowest BCUT2D eigenvalue weighted by atomic mass is 10.1. The van der Waals surface area contributed by atoms with Crippen LogP contribution in [0.3, 0.4) is 0 Å². The molecule has 33 heavy (non-hydrogen) atoms. The Bertz CT molecular complexity index is 1200. The molecule has 3 heterocycles. The van der Waals surface area contributed by atoms with Crippen LogP contribution in [0.4, 0.5) is 5.95 Å². The van der Waals surface area contributed by atoms with Crippen LogP contribution in [-0.4, -0.2) is 57.2 Å². The number of rotatable bonds is 8. The van der Waals surface area contributed by atoms with Gasteiger partial charge in [0.25, 0.3) is 13.8 Å². The summed E-state index contributed by atoms with van der Waals surface area (Å²) < 4.78 is 53.0. The predicted octanol–water partition coefficient (Wildman–Crippen LogP) is -4.85. The fourth-order valence-electron chi connectivity index (χ4n) is 2.99. The highest BCUT2D eigenvalue weighted by Gasteiger charge is 2.47. The smallest absolute Gasteiger partial charge is 0.309 e. The Balaban J connectivity index is 1.75. The number of aliphatic hydroxyl groups is 2. The number of aromatic nitrogens is 4. The van der Waals surface area contributed by atoms with E-state index in [9.17, 15) is 43.7 Å². The monoisotopic (exact) mass is 528 g/mol. The minimum atomic E-state index is -6.08. The number of nitrogens with two attached hydrogens (primary N) is 1. The van der Waals surface area contributed by atoms with E-state index < -0.39 is 60.1 Å². The van der Waals surface area contributed by atoms with Gasteiger partial charge in [-0.25, -0.2) is 9.55 Å². The normalized spacial score (nSPS) is 27.5. The van der Waals surface area contributed by atoms with Gasteiger partial charge in [0.05, 0.1) is 29.0 Å². The summed E-state index contributed by atoms with van der Waals surface area (Å²) in [6, 6.07) is 0. The third kappa shape index (κ3) is 5.97. The van der Waals surface area contributed by atoms with Crippen molar-refractivity contribution in [1.82, 2.24) is 14.5 Å². The number of aliphatic hydroxyl groups excluding tert-OH is 2. The zero-order chi connectivity index (χ0) is 24.9. The van der Waals surface area contributed by atoms with Gasteiger partial charge in [-0.1, -0.05) is 4.98 Å². The largest absolute Gasteiger partial charge is 0.856 e. The first-order valence-electron chi connectivity index (χ1n) is 8.51. The van der Waals surface area contributed by atoms with Crippen LogP contribution < -0.4 is 30.1 Å². The van der Waals surface area contributed by atoms with Crippen LogP contribution >= 0.6 is 23.1 Å². The van der Waals surface area contributed by atoms with Gasteiger partial charge in [-0.15, -0.1) is 0 Å². The summed E-state index contributed by atoms with van der Waals surface area (Å²) in [6.07, 6.45) is -4.97. The van der Waals surface area contributed by atoms with Gasteiger partial charge in [0.15, 0.2) is 11.8 Å². The summed E-state index contributed by atoms with van der Waals surface area (Å²) in [4.78, 5) is 39.5. The lowest BCUT2D eigenvalue weighted by molar-refractivity contribution is -0.745. The quantitative estimate of drug-likeness (QED) is 0.164. The van der Waals surface area contributed by atoms with Crippen molar-refractivity contribution in [3.63, 3.8) is 0 Å². The molecule has 3 rings (SSSR count). The van der Waals surface area contributed by atoms with Crippen LogP contribution in [0.15, 0.2) is 6.33 Å². The van der Waals surface area contributed by atoms with E-state index in [1.54, 1.807) is 0 Å². The molecule has 183 valence electrons. The maximum atomic E-state index is 12.1. The minimum Gasteiger partial charge on any atom is -0.856 e. The first-order chi connectivity index (χ1) is 15.0. The highest BCUT2D eigenvalue weighted by atomic mass is 31.3. The summed E-state index contributed by atoms with van der Waals surface area (Å²) in [5.74, 6) is -1.09. The second-order valence-electron chi connectivity index (χ2n) is 6.63. The van der Waals surface area contributed by atoms with Gasteiger partial charge in [-0.05, 0) is 0 Å².